The second-order valence-corrected chi connectivity index (χ2v) is 3.68. The number of aryl methyl sites for hydroxylation is 1. The van der Waals surface area contributed by atoms with Gasteiger partial charge in [-0.2, -0.15) is 0 Å². The molecule has 0 aliphatic carbocycles. The fraction of sp³-hybridized carbons (Fsp3) is 0.455. The van der Waals surface area contributed by atoms with Crippen molar-refractivity contribution in [2.45, 2.75) is 20.4 Å². The van der Waals surface area contributed by atoms with Gasteiger partial charge in [-0.1, -0.05) is 13.0 Å². The van der Waals surface area contributed by atoms with Crippen molar-refractivity contribution in [2.75, 3.05) is 6.54 Å². The van der Waals surface area contributed by atoms with Crippen LogP contribution < -0.4 is 5.32 Å². The summed E-state index contributed by atoms with van der Waals surface area (Å²) in [6.07, 6.45) is 1.80. The maximum absolute atomic E-state index is 10.5. The highest BCUT2D eigenvalue weighted by Crippen LogP contribution is 1.99. The van der Waals surface area contributed by atoms with Crippen molar-refractivity contribution in [3.8, 4) is 0 Å². The molecule has 82 valence electrons. The summed E-state index contributed by atoms with van der Waals surface area (Å²) < 4.78 is 0. The van der Waals surface area contributed by atoms with Gasteiger partial charge in [-0.3, -0.25) is 9.78 Å². The number of aliphatic carboxylic acids is 1. The normalized spacial score (nSPS) is 12.4. The van der Waals surface area contributed by atoms with Crippen molar-refractivity contribution in [1.82, 2.24) is 10.3 Å². The molecule has 0 aliphatic rings. The number of aromatic nitrogens is 1. The van der Waals surface area contributed by atoms with Crippen molar-refractivity contribution < 1.29 is 9.90 Å². The summed E-state index contributed by atoms with van der Waals surface area (Å²) in [6, 6.07) is 3.93. The Bertz CT molecular complexity index is 322. The van der Waals surface area contributed by atoms with E-state index in [0.717, 1.165) is 11.3 Å². The molecule has 0 saturated carbocycles. The lowest BCUT2D eigenvalue weighted by Crippen LogP contribution is -2.25. The fourth-order valence-corrected chi connectivity index (χ4v) is 1.12. The average Bonchev–Trinajstić information content (AvgIpc) is 2.20. The summed E-state index contributed by atoms with van der Waals surface area (Å²) in [7, 11) is 0. The van der Waals surface area contributed by atoms with Crippen LogP contribution >= 0.6 is 0 Å². The molecule has 1 rings (SSSR count). The number of nitrogens with one attached hydrogen (secondary N) is 1. The zero-order chi connectivity index (χ0) is 11.3. The minimum absolute atomic E-state index is 0.358. The Morgan fingerprint density at radius 2 is 2.33 bits per heavy atom. The molecule has 0 spiro atoms. The Kier molecular flexibility index (Phi) is 4.24. The van der Waals surface area contributed by atoms with Crippen LogP contribution in [-0.4, -0.2) is 22.6 Å². The second kappa shape index (κ2) is 5.46. The Balaban J connectivity index is 2.32. The van der Waals surface area contributed by atoms with Gasteiger partial charge in [0, 0.05) is 25.0 Å². The number of hydrogen-bond donors (Lipinski definition) is 2. The van der Waals surface area contributed by atoms with Crippen LogP contribution in [-0.2, 0) is 11.3 Å². The van der Waals surface area contributed by atoms with Crippen LogP contribution in [0.1, 0.15) is 18.2 Å². The number of hydrogen-bond acceptors (Lipinski definition) is 3. The second-order valence-electron chi connectivity index (χ2n) is 3.68. The predicted octanol–water partition coefficient (Wildman–Crippen LogP) is 1.20. The Morgan fingerprint density at radius 1 is 1.60 bits per heavy atom. The van der Waals surface area contributed by atoms with Crippen molar-refractivity contribution >= 4 is 5.97 Å². The molecular weight excluding hydrogens is 192 g/mol. The zero-order valence-corrected chi connectivity index (χ0v) is 9.03. The zero-order valence-electron chi connectivity index (χ0n) is 9.03. The number of nitrogens with zero attached hydrogens (tertiary/aromatic N) is 1. The van der Waals surface area contributed by atoms with Crippen LogP contribution in [0.15, 0.2) is 18.3 Å². The molecule has 1 aromatic rings. The van der Waals surface area contributed by atoms with E-state index in [4.69, 9.17) is 5.11 Å². The SMILES string of the molecule is Cc1ccc(CNCC(C)C(=O)O)cn1. The van der Waals surface area contributed by atoms with Gasteiger partial charge in [-0.05, 0) is 18.6 Å². The summed E-state index contributed by atoms with van der Waals surface area (Å²) in [5, 5.41) is 11.7. The van der Waals surface area contributed by atoms with Gasteiger partial charge >= 0.3 is 5.97 Å². The highest BCUT2D eigenvalue weighted by atomic mass is 16.4. The van der Waals surface area contributed by atoms with E-state index in [9.17, 15) is 4.79 Å². The summed E-state index contributed by atoms with van der Waals surface area (Å²) in [5.74, 6) is -1.13. The van der Waals surface area contributed by atoms with Crippen molar-refractivity contribution in [1.29, 1.82) is 0 Å². The number of carboxylic acid groups (broad SMARTS) is 1. The summed E-state index contributed by atoms with van der Waals surface area (Å²) in [4.78, 5) is 14.7. The predicted molar refractivity (Wildman–Crippen MR) is 57.5 cm³/mol. The minimum atomic E-state index is -0.774. The van der Waals surface area contributed by atoms with Crippen molar-refractivity contribution in [2.24, 2.45) is 5.92 Å². The number of carbonyl (C=O) groups is 1. The monoisotopic (exact) mass is 208 g/mol. The minimum Gasteiger partial charge on any atom is -0.481 e. The molecule has 0 aromatic carbocycles. The molecule has 0 radical (unpaired) electrons. The van der Waals surface area contributed by atoms with E-state index in [2.05, 4.69) is 10.3 Å². The Hall–Kier alpha value is -1.42. The van der Waals surface area contributed by atoms with Gasteiger partial charge in [0.25, 0.3) is 0 Å². The lowest BCUT2D eigenvalue weighted by Gasteiger charge is -2.07. The highest BCUT2D eigenvalue weighted by molar-refractivity contribution is 5.69. The smallest absolute Gasteiger partial charge is 0.307 e. The molecule has 1 unspecified atom stereocenters. The molecule has 0 amide bonds. The van der Waals surface area contributed by atoms with Gasteiger partial charge in [0.2, 0.25) is 0 Å². The lowest BCUT2D eigenvalue weighted by atomic mass is 10.2. The molecule has 0 aliphatic heterocycles. The first kappa shape index (κ1) is 11.7. The van der Waals surface area contributed by atoms with Crippen LogP contribution in [0.25, 0.3) is 0 Å². The number of carboxylic acids is 1. The van der Waals surface area contributed by atoms with Crippen LogP contribution in [0.2, 0.25) is 0 Å². The van der Waals surface area contributed by atoms with Gasteiger partial charge < -0.3 is 10.4 Å². The number of pyridine rings is 1. The molecule has 0 fully saturated rings. The molecule has 1 heterocycles. The molecule has 0 saturated heterocycles. The van der Waals surface area contributed by atoms with Gasteiger partial charge in [-0.25, -0.2) is 0 Å². The molecule has 4 nitrogen and oxygen atoms in total. The van der Waals surface area contributed by atoms with Gasteiger partial charge in [0.1, 0.15) is 0 Å². The van der Waals surface area contributed by atoms with Crippen LogP contribution in [0.4, 0.5) is 0 Å². The summed E-state index contributed by atoms with van der Waals surface area (Å²) in [6.45, 7) is 4.75. The van der Waals surface area contributed by atoms with Crippen LogP contribution in [0, 0.1) is 12.8 Å². The molecule has 1 aromatic heterocycles. The standard InChI is InChI=1S/C11H16N2O2/c1-8(11(14)15)5-12-6-10-4-3-9(2)13-7-10/h3-4,7-8,12H,5-6H2,1-2H3,(H,14,15). The first-order valence-corrected chi connectivity index (χ1v) is 4.94. The highest BCUT2D eigenvalue weighted by Gasteiger charge is 2.09. The van der Waals surface area contributed by atoms with Crippen LogP contribution in [0.5, 0.6) is 0 Å². The van der Waals surface area contributed by atoms with E-state index >= 15 is 0 Å². The summed E-state index contributed by atoms with van der Waals surface area (Å²) in [5.41, 5.74) is 2.05. The molecular formula is C11H16N2O2. The molecule has 0 bridgehead atoms. The van der Waals surface area contributed by atoms with Crippen LogP contribution in [0.3, 0.4) is 0 Å². The third-order valence-electron chi connectivity index (χ3n) is 2.17. The summed E-state index contributed by atoms with van der Waals surface area (Å²) >= 11 is 0. The molecule has 2 N–H and O–H groups in total. The maximum atomic E-state index is 10.5. The first-order valence-electron chi connectivity index (χ1n) is 4.94. The van der Waals surface area contributed by atoms with E-state index in [1.165, 1.54) is 0 Å². The van der Waals surface area contributed by atoms with E-state index < -0.39 is 5.97 Å². The quantitative estimate of drug-likeness (QED) is 0.763. The Morgan fingerprint density at radius 3 is 2.87 bits per heavy atom. The van der Waals surface area contributed by atoms with E-state index in [0.29, 0.717) is 13.1 Å². The Labute approximate surface area is 89.3 Å². The largest absolute Gasteiger partial charge is 0.481 e. The first-order chi connectivity index (χ1) is 7.09. The lowest BCUT2D eigenvalue weighted by molar-refractivity contribution is -0.140. The van der Waals surface area contributed by atoms with E-state index in [1.54, 1.807) is 13.1 Å². The fourth-order valence-electron chi connectivity index (χ4n) is 1.12. The van der Waals surface area contributed by atoms with Crippen molar-refractivity contribution in [3.63, 3.8) is 0 Å². The molecule has 4 heteroatoms. The van der Waals surface area contributed by atoms with E-state index in [1.807, 2.05) is 19.1 Å². The number of rotatable bonds is 5. The third-order valence-corrected chi connectivity index (χ3v) is 2.17. The maximum Gasteiger partial charge on any atom is 0.307 e. The molecule has 15 heavy (non-hydrogen) atoms. The van der Waals surface area contributed by atoms with E-state index in [-0.39, 0.29) is 5.92 Å². The van der Waals surface area contributed by atoms with Gasteiger partial charge in [0.05, 0.1) is 5.92 Å². The van der Waals surface area contributed by atoms with Gasteiger partial charge in [-0.15, -0.1) is 0 Å². The van der Waals surface area contributed by atoms with Gasteiger partial charge in [0.15, 0.2) is 0 Å². The average molecular weight is 208 g/mol. The van der Waals surface area contributed by atoms with Crippen molar-refractivity contribution in [3.05, 3.63) is 29.6 Å². The molecule has 1 atom stereocenters. The third kappa shape index (κ3) is 4.08. The topological polar surface area (TPSA) is 62.2 Å².